The van der Waals surface area contributed by atoms with Crippen molar-refractivity contribution in [1.29, 1.82) is 0 Å². The molecule has 0 radical (unpaired) electrons. The van der Waals surface area contributed by atoms with Crippen molar-refractivity contribution in [2.75, 3.05) is 7.05 Å². The van der Waals surface area contributed by atoms with Crippen molar-refractivity contribution in [1.82, 2.24) is 14.5 Å². The SMILES string of the molecule is CCCCn1c(CN(C)Cc2ccccc2)nc2cc(C(F)(F)F)ccc21. The maximum atomic E-state index is 13.0. The van der Waals surface area contributed by atoms with Gasteiger partial charge in [0.2, 0.25) is 0 Å². The van der Waals surface area contributed by atoms with Crippen LogP contribution < -0.4 is 0 Å². The van der Waals surface area contributed by atoms with Crippen LogP contribution >= 0.6 is 0 Å². The second-order valence-electron chi connectivity index (χ2n) is 6.89. The molecule has 3 rings (SSSR count). The van der Waals surface area contributed by atoms with Crippen LogP contribution in [0.5, 0.6) is 0 Å². The predicted octanol–water partition coefficient (Wildman–Crippen LogP) is 5.49. The molecule has 0 aliphatic carbocycles. The van der Waals surface area contributed by atoms with E-state index in [9.17, 15) is 13.2 Å². The van der Waals surface area contributed by atoms with Gasteiger partial charge < -0.3 is 4.57 Å². The van der Waals surface area contributed by atoms with Crippen LogP contribution in [-0.4, -0.2) is 21.5 Å². The Bertz CT molecular complexity index is 885. The van der Waals surface area contributed by atoms with Crippen molar-refractivity contribution in [3.05, 3.63) is 65.5 Å². The average molecular weight is 375 g/mol. The number of rotatable bonds is 7. The van der Waals surface area contributed by atoms with E-state index in [1.165, 1.54) is 5.56 Å². The lowest BCUT2D eigenvalue weighted by Gasteiger charge is -2.17. The molecule has 144 valence electrons. The number of unbranched alkanes of at least 4 members (excludes halogenated alkanes) is 1. The second-order valence-corrected chi connectivity index (χ2v) is 6.89. The van der Waals surface area contributed by atoms with Crippen molar-refractivity contribution in [3.8, 4) is 0 Å². The Kier molecular flexibility index (Phi) is 5.85. The third kappa shape index (κ3) is 4.69. The first-order valence-electron chi connectivity index (χ1n) is 9.17. The van der Waals surface area contributed by atoms with Crippen LogP contribution in [0.2, 0.25) is 0 Å². The first-order chi connectivity index (χ1) is 12.9. The number of fused-ring (bicyclic) bond motifs is 1. The van der Waals surface area contributed by atoms with E-state index in [-0.39, 0.29) is 0 Å². The summed E-state index contributed by atoms with van der Waals surface area (Å²) < 4.78 is 41.2. The highest BCUT2D eigenvalue weighted by atomic mass is 19.4. The highest BCUT2D eigenvalue weighted by Gasteiger charge is 2.31. The van der Waals surface area contributed by atoms with Crippen LogP contribution in [-0.2, 0) is 25.8 Å². The monoisotopic (exact) mass is 375 g/mol. The molecule has 1 heterocycles. The lowest BCUT2D eigenvalue weighted by atomic mass is 10.2. The van der Waals surface area contributed by atoms with Crippen LogP contribution in [0.3, 0.4) is 0 Å². The zero-order valence-corrected chi connectivity index (χ0v) is 15.6. The second kappa shape index (κ2) is 8.13. The summed E-state index contributed by atoms with van der Waals surface area (Å²) >= 11 is 0. The smallest absolute Gasteiger partial charge is 0.327 e. The lowest BCUT2D eigenvalue weighted by Crippen LogP contribution is -2.20. The maximum Gasteiger partial charge on any atom is 0.416 e. The average Bonchev–Trinajstić information content (AvgIpc) is 2.96. The summed E-state index contributed by atoms with van der Waals surface area (Å²) in [6.45, 7) is 4.19. The fourth-order valence-corrected chi connectivity index (χ4v) is 3.23. The van der Waals surface area contributed by atoms with E-state index in [1.54, 1.807) is 6.07 Å². The highest BCUT2D eigenvalue weighted by molar-refractivity contribution is 5.77. The van der Waals surface area contributed by atoms with Gasteiger partial charge in [0.25, 0.3) is 0 Å². The van der Waals surface area contributed by atoms with E-state index < -0.39 is 11.7 Å². The standard InChI is InChI=1S/C21H24F3N3/c1-3-4-12-27-19-11-10-17(21(22,23)24)13-18(19)25-20(27)15-26(2)14-16-8-6-5-7-9-16/h5-11,13H,3-4,12,14-15H2,1-2H3. The molecule has 0 N–H and O–H groups in total. The molecular formula is C21H24F3N3. The number of benzene rings is 2. The molecule has 0 aliphatic rings. The van der Waals surface area contributed by atoms with Gasteiger partial charge >= 0.3 is 6.18 Å². The van der Waals surface area contributed by atoms with Crippen molar-refractivity contribution < 1.29 is 13.2 Å². The van der Waals surface area contributed by atoms with Crippen molar-refractivity contribution in [2.45, 2.75) is 45.6 Å². The van der Waals surface area contributed by atoms with Gasteiger partial charge in [0, 0.05) is 13.1 Å². The van der Waals surface area contributed by atoms with E-state index in [4.69, 9.17) is 0 Å². The van der Waals surface area contributed by atoms with Gasteiger partial charge in [-0.05, 0) is 37.2 Å². The number of alkyl halides is 3. The Morgan fingerprint density at radius 2 is 1.78 bits per heavy atom. The van der Waals surface area contributed by atoms with Crippen LogP contribution in [0.4, 0.5) is 13.2 Å². The molecular weight excluding hydrogens is 351 g/mol. The molecule has 0 unspecified atom stereocenters. The number of aromatic nitrogens is 2. The summed E-state index contributed by atoms with van der Waals surface area (Å²) in [5.74, 6) is 0.802. The summed E-state index contributed by atoms with van der Waals surface area (Å²) in [5.41, 5.74) is 1.71. The molecule has 0 saturated carbocycles. The van der Waals surface area contributed by atoms with E-state index in [2.05, 4.69) is 33.5 Å². The Morgan fingerprint density at radius 3 is 2.44 bits per heavy atom. The van der Waals surface area contributed by atoms with Gasteiger partial charge in [0.15, 0.2) is 0 Å². The molecule has 0 spiro atoms. The molecule has 0 fully saturated rings. The van der Waals surface area contributed by atoms with Gasteiger partial charge in [-0.3, -0.25) is 4.90 Å². The zero-order valence-electron chi connectivity index (χ0n) is 15.6. The number of hydrogen-bond donors (Lipinski definition) is 0. The van der Waals surface area contributed by atoms with Gasteiger partial charge in [-0.2, -0.15) is 13.2 Å². The Balaban J connectivity index is 1.90. The first-order valence-corrected chi connectivity index (χ1v) is 9.17. The fraction of sp³-hybridized carbons (Fsp3) is 0.381. The van der Waals surface area contributed by atoms with Crippen molar-refractivity contribution >= 4 is 11.0 Å². The topological polar surface area (TPSA) is 21.1 Å². The van der Waals surface area contributed by atoms with Crippen molar-refractivity contribution in [3.63, 3.8) is 0 Å². The van der Waals surface area contributed by atoms with E-state index in [0.29, 0.717) is 12.1 Å². The number of hydrogen-bond acceptors (Lipinski definition) is 2. The largest absolute Gasteiger partial charge is 0.416 e. The number of nitrogens with zero attached hydrogens (tertiary/aromatic N) is 3. The van der Waals surface area contributed by atoms with E-state index >= 15 is 0 Å². The summed E-state index contributed by atoms with van der Waals surface area (Å²) in [6.07, 6.45) is -2.38. The molecule has 6 heteroatoms. The number of imidazole rings is 1. The Hall–Kier alpha value is -2.34. The molecule has 0 bridgehead atoms. The molecule has 1 aromatic heterocycles. The highest BCUT2D eigenvalue weighted by Crippen LogP contribution is 2.31. The quantitative estimate of drug-likeness (QED) is 0.545. The molecule has 3 nitrogen and oxygen atoms in total. The van der Waals surface area contributed by atoms with Crippen LogP contribution in [0, 0.1) is 0 Å². The minimum Gasteiger partial charge on any atom is -0.327 e. The molecule has 0 amide bonds. The Labute approximate surface area is 157 Å². The number of halogens is 3. The zero-order chi connectivity index (χ0) is 19.4. The van der Waals surface area contributed by atoms with Crippen molar-refractivity contribution in [2.24, 2.45) is 0 Å². The summed E-state index contributed by atoms with van der Waals surface area (Å²) in [5, 5.41) is 0. The van der Waals surface area contributed by atoms with Gasteiger partial charge in [-0.1, -0.05) is 43.7 Å². The molecule has 0 saturated heterocycles. The van der Waals surface area contributed by atoms with Crippen LogP contribution in [0.25, 0.3) is 11.0 Å². The lowest BCUT2D eigenvalue weighted by molar-refractivity contribution is -0.137. The van der Waals surface area contributed by atoms with Gasteiger partial charge in [-0.25, -0.2) is 4.98 Å². The van der Waals surface area contributed by atoms with Gasteiger partial charge in [0.1, 0.15) is 5.82 Å². The van der Waals surface area contributed by atoms with Gasteiger partial charge in [-0.15, -0.1) is 0 Å². The third-order valence-corrected chi connectivity index (χ3v) is 4.60. The van der Waals surface area contributed by atoms with E-state index in [1.807, 2.05) is 25.2 Å². The van der Waals surface area contributed by atoms with Crippen LogP contribution in [0.15, 0.2) is 48.5 Å². The Morgan fingerprint density at radius 1 is 1.04 bits per heavy atom. The van der Waals surface area contributed by atoms with Crippen LogP contribution in [0.1, 0.15) is 36.7 Å². The minimum absolute atomic E-state index is 0.407. The number of aryl methyl sites for hydroxylation is 1. The summed E-state index contributed by atoms with van der Waals surface area (Å²) in [7, 11) is 2.00. The summed E-state index contributed by atoms with van der Waals surface area (Å²) in [4.78, 5) is 6.67. The third-order valence-electron chi connectivity index (χ3n) is 4.60. The summed E-state index contributed by atoms with van der Waals surface area (Å²) in [6, 6.07) is 13.9. The maximum absolute atomic E-state index is 13.0. The van der Waals surface area contributed by atoms with Gasteiger partial charge in [0.05, 0.1) is 23.1 Å². The molecule has 0 aliphatic heterocycles. The normalized spacial score (nSPS) is 12.2. The first kappa shape index (κ1) is 19.4. The molecule has 2 aromatic carbocycles. The molecule has 0 atom stereocenters. The van der Waals surface area contributed by atoms with E-state index in [0.717, 1.165) is 49.4 Å². The minimum atomic E-state index is -4.36. The fourth-order valence-electron chi connectivity index (χ4n) is 3.23. The molecule has 3 aromatic rings. The predicted molar refractivity (Wildman–Crippen MR) is 101 cm³/mol. The molecule has 27 heavy (non-hydrogen) atoms.